The number of aryl methyl sites for hydroxylation is 2. The monoisotopic (exact) mass is 398 g/mol. The fourth-order valence-electron chi connectivity index (χ4n) is 3.37. The van der Waals surface area contributed by atoms with Crippen LogP contribution in [0.1, 0.15) is 11.1 Å². The van der Waals surface area contributed by atoms with Crippen LogP contribution in [0.2, 0.25) is 0 Å². The van der Waals surface area contributed by atoms with Crippen molar-refractivity contribution in [2.24, 2.45) is 0 Å². The molecule has 2 aromatic carbocycles. The topological polar surface area (TPSA) is 84.2 Å². The van der Waals surface area contributed by atoms with Gasteiger partial charge in [-0.05, 0) is 53.6 Å². The van der Waals surface area contributed by atoms with Crippen LogP contribution in [-0.2, 0) is 10.0 Å². The van der Waals surface area contributed by atoms with E-state index in [1.165, 1.54) is 0 Å². The largest absolute Gasteiger partial charge is 0.337 e. The summed E-state index contributed by atoms with van der Waals surface area (Å²) in [4.78, 5) is 2.40. The number of nitrogens with zero attached hydrogens (tertiary/aromatic N) is 6. The number of tetrazole rings is 1. The van der Waals surface area contributed by atoms with Gasteiger partial charge in [-0.15, -0.1) is 0 Å². The molecule has 1 aliphatic rings. The van der Waals surface area contributed by atoms with E-state index in [-0.39, 0.29) is 0 Å². The maximum atomic E-state index is 13.1. The van der Waals surface area contributed by atoms with Crippen molar-refractivity contribution in [2.45, 2.75) is 18.7 Å². The molecular formula is C19H22N6O2S. The Kier molecular flexibility index (Phi) is 4.86. The Labute approximate surface area is 164 Å². The van der Waals surface area contributed by atoms with E-state index in [0.29, 0.717) is 37.0 Å². The Balaban J connectivity index is 1.53. The lowest BCUT2D eigenvalue weighted by molar-refractivity contribution is 0.381. The second-order valence-electron chi connectivity index (χ2n) is 6.89. The van der Waals surface area contributed by atoms with Gasteiger partial charge in [0.15, 0.2) is 0 Å². The minimum atomic E-state index is -3.52. The molecule has 0 spiro atoms. The zero-order valence-corrected chi connectivity index (χ0v) is 16.7. The molecule has 9 heteroatoms. The number of rotatable bonds is 4. The molecule has 0 amide bonds. The molecule has 0 unspecified atom stereocenters. The number of piperazine rings is 1. The quantitative estimate of drug-likeness (QED) is 0.666. The van der Waals surface area contributed by atoms with Crippen LogP contribution in [0.15, 0.2) is 53.4 Å². The van der Waals surface area contributed by atoms with Crippen molar-refractivity contribution in [3.63, 3.8) is 0 Å². The van der Waals surface area contributed by atoms with Gasteiger partial charge in [0.2, 0.25) is 16.0 Å². The van der Waals surface area contributed by atoms with Crippen molar-refractivity contribution in [3.05, 3.63) is 59.7 Å². The Hall–Kier alpha value is -2.78. The molecule has 4 rings (SSSR count). The summed E-state index contributed by atoms with van der Waals surface area (Å²) >= 11 is 0. The molecule has 1 aliphatic heterocycles. The van der Waals surface area contributed by atoms with E-state index in [4.69, 9.17) is 0 Å². The molecule has 0 saturated carbocycles. The van der Waals surface area contributed by atoms with E-state index in [2.05, 4.69) is 15.5 Å². The number of anilines is 1. The van der Waals surface area contributed by atoms with Crippen molar-refractivity contribution in [3.8, 4) is 5.69 Å². The van der Waals surface area contributed by atoms with Crippen LogP contribution in [0.4, 0.5) is 5.95 Å². The zero-order valence-electron chi connectivity index (χ0n) is 15.9. The summed E-state index contributed by atoms with van der Waals surface area (Å²) in [5.41, 5.74) is 2.57. The number of hydrogen-bond acceptors (Lipinski definition) is 6. The third-order valence-electron chi connectivity index (χ3n) is 4.94. The minimum Gasteiger partial charge on any atom is -0.337 e. The summed E-state index contributed by atoms with van der Waals surface area (Å²) in [6, 6.07) is 15.2. The number of benzene rings is 2. The van der Waals surface area contributed by atoms with Crippen LogP contribution in [-0.4, -0.2) is 59.1 Å². The van der Waals surface area contributed by atoms with Crippen LogP contribution in [0, 0.1) is 13.8 Å². The first-order valence-electron chi connectivity index (χ1n) is 9.13. The first kappa shape index (κ1) is 18.6. The molecule has 0 aliphatic carbocycles. The summed E-state index contributed by atoms with van der Waals surface area (Å²) in [6.07, 6.45) is 0. The highest BCUT2D eigenvalue weighted by Crippen LogP contribution is 2.24. The average Bonchev–Trinajstić information content (AvgIpc) is 3.20. The number of sulfonamides is 1. The molecular weight excluding hydrogens is 376 g/mol. The average molecular weight is 398 g/mol. The smallest absolute Gasteiger partial charge is 0.250 e. The SMILES string of the molecule is Cc1ccc(C)c(S(=O)(=O)N2CCN(c3nnnn3-c3ccccc3)CC2)c1. The molecule has 3 aromatic rings. The molecule has 0 bridgehead atoms. The van der Waals surface area contributed by atoms with Crippen molar-refractivity contribution in [1.29, 1.82) is 0 Å². The Bertz CT molecular complexity index is 1070. The molecule has 0 radical (unpaired) electrons. The van der Waals surface area contributed by atoms with Crippen molar-refractivity contribution >= 4 is 16.0 Å². The molecule has 1 saturated heterocycles. The molecule has 0 N–H and O–H groups in total. The normalized spacial score (nSPS) is 15.7. The first-order chi connectivity index (χ1) is 13.5. The third kappa shape index (κ3) is 3.38. The van der Waals surface area contributed by atoms with Crippen molar-refractivity contribution < 1.29 is 8.42 Å². The van der Waals surface area contributed by atoms with Gasteiger partial charge in [0.1, 0.15) is 0 Å². The Morgan fingerprint density at radius 2 is 1.64 bits per heavy atom. The summed E-state index contributed by atoms with van der Waals surface area (Å²) in [7, 11) is -3.52. The standard InChI is InChI=1S/C19H22N6O2S/c1-15-8-9-16(2)18(14-15)28(26,27)24-12-10-23(11-13-24)19-20-21-22-25(19)17-6-4-3-5-7-17/h3-9,14H,10-13H2,1-2H3. The van der Waals surface area contributed by atoms with Gasteiger partial charge in [-0.25, -0.2) is 8.42 Å². The van der Waals surface area contributed by atoms with Crippen molar-refractivity contribution in [1.82, 2.24) is 24.5 Å². The van der Waals surface area contributed by atoms with Crippen LogP contribution in [0.3, 0.4) is 0 Å². The lowest BCUT2D eigenvalue weighted by Crippen LogP contribution is -2.49. The van der Waals surface area contributed by atoms with E-state index < -0.39 is 10.0 Å². The van der Waals surface area contributed by atoms with Gasteiger partial charge in [-0.3, -0.25) is 0 Å². The van der Waals surface area contributed by atoms with Gasteiger partial charge >= 0.3 is 0 Å². The molecule has 146 valence electrons. The van der Waals surface area contributed by atoms with Gasteiger partial charge in [-0.2, -0.15) is 8.99 Å². The summed E-state index contributed by atoms with van der Waals surface area (Å²) in [5.74, 6) is 0.620. The van der Waals surface area contributed by atoms with Gasteiger partial charge in [0, 0.05) is 26.2 Å². The Morgan fingerprint density at radius 3 is 2.36 bits per heavy atom. The summed E-state index contributed by atoms with van der Waals surface area (Å²) in [5, 5.41) is 12.0. The zero-order chi connectivity index (χ0) is 19.7. The van der Waals surface area contributed by atoms with Gasteiger partial charge in [0.05, 0.1) is 10.6 Å². The van der Waals surface area contributed by atoms with Gasteiger partial charge < -0.3 is 4.90 Å². The first-order valence-corrected chi connectivity index (χ1v) is 10.6. The second-order valence-corrected chi connectivity index (χ2v) is 8.79. The maximum absolute atomic E-state index is 13.1. The minimum absolute atomic E-state index is 0.384. The highest BCUT2D eigenvalue weighted by Gasteiger charge is 2.31. The van der Waals surface area contributed by atoms with E-state index in [1.807, 2.05) is 61.2 Å². The molecule has 0 atom stereocenters. The summed E-state index contributed by atoms with van der Waals surface area (Å²) < 4.78 is 29.4. The number of aromatic nitrogens is 4. The predicted octanol–water partition coefficient (Wildman–Crippen LogP) is 1.79. The fraction of sp³-hybridized carbons (Fsp3) is 0.316. The van der Waals surface area contributed by atoms with Gasteiger partial charge in [0.25, 0.3) is 0 Å². The molecule has 1 fully saturated rings. The molecule has 8 nitrogen and oxygen atoms in total. The van der Waals surface area contributed by atoms with Crippen LogP contribution in [0.5, 0.6) is 0 Å². The summed E-state index contributed by atoms with van der Waals surface area (Å²) in [6.45, 7) is 5.56. The maximum Gasteiger partial charge on any atom is 0.250 e. The van der Waals surface area contributed by atoms with E-state index in [0.717, 1.165) is 16.8 Å². The van der Waals surface area contributed by atoms with E-state index in [9.17, 15) is 8.42 Å². The van der Waals surface area contributed by atoms with Crippen LogP contribution >= 0.6 is 0 Å². The second kappa shape index (κ2) is 7.33. The number of para-hydroxylation sites is 1. The fourth-order valence-corrected chi connectivity index (χ4v) is 5.10. The predicted molar refractivity (Wildman–Crippen MR) is 106 cm³/mol. The van der Waals surface area contributed by atoms with Crippen LogP contribution < -0.4 is 4.90 Å². The molecule has 28 heavy (non-hydrogen) atoms. The number of hydrogen-bond donors (Lipinski definition) is 0. The van der Waals surface area contributed by atoms with E-state index in [1.54, 1.807) is 15.1 Å². The lowest BCUT2D eigenvalue weighted by Gasteiger charge is -2.34. The van der Waals surface area contributed by atoms with E-state index >= 15 is 0 Å². The van der Waals surface area contributed by atoms with Crippen LogP contribution in [0.25, 0.3) is 5.69 Å². The third-order valence-corrected chi connectivity index (χ3v) is 6.98. The highest BCUT2D eigenvalue weighted by molar-refractivity contribution is 7.89. The highest BCUT2D eigenvalue weighted by atomic mass is 32.2. The lowest BCUT2D eigenvalue weighted by atomic mass is 10.2. The molecule has 2 heterocycles. The van der Waals surface area contributed by atoms with Crippen molar-refractivity contribution in [2.75, 3.05) is 31.1 Å². The molecule has 1 aromatic heterocycles. The van der Waals surface area contributed by atoms with Gasteiger partial charge in [-0.1, -0.05) is 35.4 Å². The Morgan fingerprint density at radius 1 is 0.929 bits per heavy atom.